The summed E-state index contributed by atoms with van der Waals surface area (Å²) < 4.78 is 35.3. The molecule has 6 nitrogen and oxygen atoms in total. The minimum Gasteiger partial charge on any atom is -0.490 e. The lowest BCUT2D eigenvalue weighted by molar-refractivity contribution is 0.0445. The molecule has 0 saturated carbocycles. The van der Waals surface area contributed by atoms with E-state index in [-0.39, 0.29) is 11.3 Å². The van der Waals surface area contributed by atoms with Crippen LogP contribution in [-0.2, 0) is 4.74 Å². The molecule has 0 fully saturated rings. The summed E-state index contributed by atoms with van der Waals surface area (Å²) in [6.45, 7) is 2.21. The third kappa shape index (κ3) is 3.31. The lowest BCUT2D eigenvalue weighted by Gasteiger charge is -2.09. The Kier molecular flexibility index (Phi) is 4.73. The average Bonchev–Trinajstić information content (AvgIpc) is 2.89. The van der Waals surface area contributed by atoms with Gasteiger partial charge in [-0.2, -0.15) is 0 Å². The summed E-state index contributed by atoms with van der Waals surface area (Å²) in [5, 5.41) is 0.487. The second-order valence-corrected chi connectivity index (χ2v) is 6.38. The van der Waals surface area contributed by atoms with Gasteiger partial charge in [-0.15, -0.1) is 0 Å². The Morgan fingerprint density at radius 2 is 1.89 bits per heavy atom. The fourth-order valence-electron chi connectivity index (χ4n) is 3.02. The lowest BCUT2D eigenvalue weighted by atomic mass is 10.1. The van der Waals surface area contributed by atoms with Gasteiger partial charge < -0.3 is 18.6 Å². The molecule has 0 spiro atoms. The first-order valence-corrected chi connectivity index (χ1v) is 8.82. The fourth-order valence-corrected chi connectivity index (χ4v) is 3.02. The SMILES string of the molecule is Cc1c(C(=O)OCC(=O)c2ccc3c(c2)OCCCO3)oc2c(F)cccc12. The number of halogens is 1. The molecular weight excluding hydrogens is 367 g/mol. The van der Waals surface area contributed by atoms with Gasteiger partial charge in [-0.1, -0.05) is 12.1 Å². The normalized spacial score (nSPS) is 13.2. The van der Waals surface area contributed by atoms with E-state index in [4.69, 9.17) is 18.6 Å². The summed E-state index contributed by atoms with van der Waals surface area (Å²) in [5.41, 5.74) is 0.785. The molecule has 4 rings (SSSR count). The van der Waals surface area contributed by atoms with Gasteiger partial charge >= 0.3 is 5.97 Å². The summed E-state index contributed by atoms with van der Waals surface area (Å²) in [6.07, 6.45) is 0.757. The van der Waals surface area contributed by atoms with Gasteiger partial charge in [-0.05, 0) is 31.2 Å². The third-order valence-corrected chi connectivity index (χ3v) is 4.50. The van der Waals surface area contributed by atoms with Crippen LogP contribution in [0.2, 0.25) is 0 Å². The van der Waals surface area contributed by atoms with Gasteiger partial charge in [0, 0.05) is 22.9 Å². The third-order valence-electron chi connectivity index (χ3n) is 4.50. The number of fused-ring (bicyclic) bond motifs is 2. The predicted molar refractivity (Wildman–Crippen MR) is 97.6 cm³/mol. The van der Waals surface area contributed by atoms with Gasteiger partial charge in [0.2, 0.25) is 5.76 Å². The molecule has 3 aromatic rings. The minimum absolute atomic E-state index is 0.0128. The Balaban J connectivity index is 1.48. The molecule has 2 heterocycles. The number of carbonyl (C=O) groups excluding carboxylic acids is 2. The van der Waals surface area contributed by atoms with E-state index in [1.807, 2.05) is 0 Å². The second kappa shape index (κ2) is 7.34. The van der Waals surface area contributed by atoms with E-state index >= 15 is 0 Å². The van der Waals surface area contributed by atoms with Crippen molar-refractivity contribution in [1.29, 1.82) is 0 Å². The maximum absolute atomic E-state index is 13.8. The van der Waals surface area contributed by atoms with Crippen LogP contribution < -0.4 is 9.47 Å². The van der Waals surface area contributed by atoms with Crippen LogP contribution in [0.15, 0.2) is 40.8 Å². The average molecular weight is 384 g/mol. The summed E-state index contributed by atoms with van der Waals surface area (Å²) in [6, 6.07) is 9.24. The Hall–Kier alpha value is -3.35. The Bertz CT molecular complexity index is 1070. The molecule has 0 radical (unpaired) electrons. The lowest BCUT2D eigenvalue weighted by Crippen LogP contribution is -2.14. The second-order valence-electron chi connectivity index (χ2n) is 6.38. The van der Waals surface area contributed by atoms with Crippen molar-refractivity contribution in [1.82, 2.24) is 0 Å². The van der Waals surface area contributed by atoms with Crippen LogP contribution in [0.3, 0.4) is 0 Å². The topological polar surface area (TPSA) is 75.0 Å². The van der Waals surface area contributed by atoms with Crippen molar-refractivity contribution in [3.63, 3.8) is 0 Å². The van der Waals surface area contributed by atoms with E-state index in [9.17, 15) is 14.0 Å². The Labute approximate surface area is 159 Å². The first-order valence-electron chi connectivity index (χ1n) is 8.82. The smallest absolute Gasteiger partial charge is 0.375 e. The van der Waals surface area contributed by atoms with Gasteiger partial charge in [-0.3, -0.25) is 4.79 Å². The van der Waals surface area contributed by atoms with E-state index in [0.717, 1.165) is 6.42 Å². The number of furan rings is 1. The molecule has 0 bridgehead atoms. The van der Waals surface area contributed by atoms with Crippen molar-refractivity contribution in [3.05, 3.63) is 59.1 Å². The highest BCUT2D eigenvalue weighted by Gasteiger charge is 2.22. The number of carbonyl (C=O) groups is 2. The van der Waals surface area contributed by atoms with Gasteiger partial charge in [0.1, 0.15) is 0 Å². The standard InChI is InChI=1S/C21H17FO6/c1-12-14-4-2-5-15(22)20(14)28-19(12)21(24)27-11-16(23)13-6-7-17-18(10-13)26-9-3-8-25-17/h2,4-7,10H,3,8-9,11H2,1H3. The van der Waals surface area contributed by atoms with E-state index in [2.05, 4.69) is 0 Å². The summed E-state index contributed by atoms with van der Waals surface area (Å²) in [7, 11) is 0. The maximum Gasteiger partial charge on any atom is 0.375 e. The number of esters is 1. The first kappa shape index (κ1) is 18.0. The first-order chi connectivity index (χ1) is 13.5. The molecule has 0 saturated heterocycles. The van der Waals surface area contributed by atoms with Crippen molar-refractivity contribution >= 4 is 22.7 Å². The van der Waals surface area contributed by atoms with Gasteiger partial charge in [0.05, 0.1) is 13.2 Å². The van der Waals surface area contributed by atoms with Crippen LogP contribution >= 0.6 is 0 Å². The number of hydrogen-bond donors (Lipinski definition) is 0. The minimum atomic E-state index is -0.823. The number of rotatable bonds is 4. The monoisotopic (exact) mass is 384 g/mol. The Morgan fingerprint density at radius 3 is 2.68 bits per heavy atom. The zero-order valence-corrected chi connectivity index (χ0v) is 15.1. The number of para-hydroxylation sites is 1. The molecule has 1 aliphatic rings. The van der Waals surface area contributed by atoms with Crippen LogP contribution in [0, 0.1) is 12.7 Å². The molecule has 2 aromatic carbocycles. The number of aryl methyl sites for hydroxylation is 1. The van der Waals surface area contributed by atoms with E-state index in [1.54, 1.807) is 31.2 Å². The largest absolute Gasteiger partial charge is 0.490 e. The number of Topliss-reactive ketones (excluding diaryl/α,β-unsaturated/α-hetero) is 1. The quantitative estimate of drug-likeness (QED) is 0.498. The summed E-state index contributed by atoms with van der Waals surface area (Å²) in [5.74, 6) is -0.849. The van der Waals surface area contributed by atoms with Gasteiger partial charge in [0.25, 0.3) is 0 Å². The predicted octanol–water partition coefficient (Wildman–Crippen LogP) is 4.08. The van der Waals surface area contributed by atoms with Crippen molar-refractivity contribution in [2.24, 2.45) is 0 Å². The number of benzene rings is 2. The summed E-state index contributed by atoms with van der Waals surface area (Å²) in [4.78, 5) is 24.7. The molecule has 7 heteroatoms. The molecule has 0 atom stereocenters. The molecule has 1 aliphatic heterocycles. The Morgan fingerprint density at radius 1 is 1.11 bits per heavy atom. The number of hydrogen-bond acceptors (Lipinski definition) is 6. The molecule has 0 N–H and O–H groups in total. The molecule has 0 unspecified atom stereocenters. The highest BCUT2D eigenvalue weighted by Crippen LogP contribution is 2.31. The fraction of sp³-hybridized carbons (Fsp3) is 0.238. The van der Waals surface area contributed by atoms with Crippen molar-refractivity contribution < 1.29 is 32.6 Å². The number of ether oxygens (including phenoxy) is 3. The molecular formula is C21H17FO6. The molecule has 0 amide bonds. The highest BCUT2D eigenvalue weighted by atomic mass is 19.1. The highest BCUT2D eigenvalue weighted by molar-refractivity contribution is 6.01. The van der Waals surface area contributed by atoms with E-state index < -0.39 is 24.2 Å². The van der Waals surface area contributed by atoms with Gasteiger partial charge in [-0.25, -0.2) is 9.18 Å². The molecule has 28 heavy (non-hydrogen) atoms. The van der Waals surface area contributed by atoms with Crippen molar-refractivity contribution in [2.45, 2.75) is 13.3 Å². The summed E-state index contributed by atoms with van der Waals surface area (Å²) >= 11 is 0. The van der Waals surface area contributed by atoms with E-state index in [1.165, 1.54) is 12.1 Å². The van der Waals surface area contributed by atoms with Crippen molar-refractivity contribution in [2.75, 3.05) is 19.8 Å². The zero-order chi connectivity index (χ0) is 19.7. The van der Waals surface area contributed by atoms with Crippen molar-refractivity contribution in [3.8, 4) is 11.5 Å². The van der Waals surface area contributed by atoms with Crippen LogP contribution in [0.4, 0.5) is 4.39 Å². The molecule has 0 aliphatic carbocycles. The van der Waals surface area contributed by atoms with Crippen LogP contribution in [0.5, 0.6) is 11.5 Å². The zero-order valence-electron chi connectivity index (χ0n) is 15.1. The van der Waals surface area contributed by atoms with E-state index in [0.29, 0.717) is 41.2 Å². The van der Waals surface area contributed by atoms with Crippen LogP contribution in [0.25, 0.3) is 11.0 Å². The number of ketones is 1. The van der Waals surface area contributed by atoms with Gasteiger partial charge in [0.15, 0.2) is 35.3 Å². The van der Waals surface area contributed by atoms with Crippen LogP contribution in [-0.4, -0.2) is 31.6 Å². The van der Waals surface area contributed by atoms with Crippen LogP contribution in [0.1, 0.15) is 32.9 Å². The maximum atomic E-state index is 13.8. The molecule has 1 aromatic heterocycles. The molecule has 144 valence electrons.